The normalized spacial score (nSPS) is 41.0. The van der Waals surface area contributed by atoms with Crippen LogP contribution in [0.1, 0.15) is 0 Å². The Kier molecular flexibility index (Phi) is 3.25. The number of hydrogen-bond donors (Lipinski definition) is 3. The van der Waals surface area contributed by atoms with E-state index in [0.717, 1.165) is 0 Å². The van der Waals surface area contributed by atoms with Gasteiger partial charge in [0.1, 0.15) is 0 Å². The van der Waals surface area contributed by atoms with Crippen molar-refractivity contribution >= 4 is 13.5 Å². The van der Waals surface area contributed by atoms with Gasteiger partial charge in [0.2, 0.25) is 0 Å². The number of hydrogen-bond acceptors (Lipinski definition) is 5. The van der Waals surface area contributed by atoms with Crippen LogP contribution in [0.2, 0.25) is 16.6 Å². The number of rotatable bonds is 2. The van der Waals surface area contributed by atoms with E-state index >= 15 is 0 Å². The predicted octanol–water partition coefficient (Wildman–Crippen LogP) is -0.939. The van der Waals surface area contributed by atoms with Crippen molar-refractivity contribution in [1.82, 2.24) is 0 Å². The van der Waals surface area contributed by atoms with Crippen LogP contribution in [-0.4, -0.2) is 53.4 Å². The molecule has 0 aromatic rings. The minimum absolute atomic E-state index is 0.230. The molecule has 13 heavy (non-hydrogen) atoms. The minimum atomic E-state index is -2.90. The molecule has 1 saturated heterocycles. The van der Waals surface area contributed by atoms with Crippen LogP contribution < -0.4 is 0 Å². The average molecular weight is 254 g/mol. The van der Waals surface area contributed by atoms with E-state index in [1.807, 2.05) is 0 Å². The fourth-order valence-electron chi connectivity index (χ4n) is 1.31. The van der Waals surface area contributed by atoms with Crippen molar-refractivity contribution < 1.29 is 23.8 Å². The predicted molar refractivity (Wildman–Crippen MR) is 45.9 cm³/mol. The molecule has 1 aliphatic heterocycles. The van der Waals surface area contributed by atoms with Crippen molar-refractivity contribution in [3.05, 3.63) is 0 Å². The molecule has 6 heteroatoms. The van der Waals surface area contributed by atoms with Crippen LogP contribution >= 0.6 is 0 Å². The van der Waals surface area contributed by atoms with Gasteiger partial charge in [-0.3, -0.25) is 0 Å². The zero-order valence-electron chi connectivity index (χ0n) is 7.62. The maximum absolute atomic E-state index is 11.4. The Labute approximate surface area is 79.0 Å². The van der Waals surface area contributed by atoms with E-state index in [-0.39, 0.29) is 5.21 Å². The van der Waals surface area contributed by atoms with Gasteiger partial charge in [0.05, 0.1) is 0 Å². The molecule has 1 aliphatic rings. The first kappa shape index (κ1) is 11.3. The van der Waals surface area contributed by atoms with E-state index in [1.165, 1.54) is 0 Å². The van der Waals surface area contributed by atoms with Gasteiger partial charge in [-0.05, 0) is 0 Å². The summed E-state index contributed by atoms with van der Waals surface area (Å²) in [7, 11) is 0. The molecule has 0 aromatic heterocycles. The summed E-state index contributed by atoms with van der Waals surface area (Å²) in [6.45, 7) is 0. The van der Waals surface area contributed by atoms with Crippen LogP contribution in [0.15, 0.2) is 0 Å². The van der Waals surface area contributed by atoms with E-state index in [0.29, 0.717) is 0 Å². The molecule has 0 radical (unpaired) electrons. The summed E-state index contributed by atoms with van der Waals surface area (Å²) < 4.78 is 16.3. The Balaban J connectivity index is 2.59. The molecule has 5 nitrogen and oxygen atoms in total. The molecule has 1 fully saturated rings. The number of ether oxygens (including phenoxy) is 1. The fourth-order valence-corrected chi connectivity index (χ4v) is 3.77. The molecule has 0 aromatic carbocycles. The third kappa shape index (κ3) is 2.82. The second kappa shape index (κ2) is 3.75. The van der Waals surface area contributed by atoms with Gasteiger partial charge in [-0.15, -0.1) is 0 Å². The second-order valence-electron chi connectivity index (χ2n) is 3.80. The van der Waals surface area contributed by atoms with Gasteiger partial charge < -0.3 is 0 Å². The van der Waals surface area contributed by atoms with Crippen molar-refractivity contribution in [2.45, 2.75) is 41.2 Å². The van der Waals surface area contributed by atoms with Gasteiger partial charge in [-0.25, -0.2) is 0 Å². The summed E-state index contributed by atoms with van der Waals surface area (Å²) in [6.07, 6.45) is -4.48. The Morgan fingerprint density at radius 3 is 2.08 bits per heavy atom. The maximum atomic E-state index is 11.4. The Morgan fingerprint density at radius 2 is 1.77 bits per heavy atom. The van der Waals surface area contributed by atoms with E-state index in [2.05, 4.69) is 0 Å². The molecule has 0 spiro atoms. The van der Waals surface area contributed by atoms with Crippen molar-refractivity contribution in [2.24, 2.45) is 0 Å². The Bertz CT molecular complexity index is 225. The summed E-state index contributed by atoms with van der Waals surface area (Å²) in [6, 6.07) is 0. The second-order valence-corrected chi connectivity index (χ2v) is 11.2. The van der Waals surface area contributed by atoms with E-state index in [1.54, 1.807) is 11.4 Å². The van der Waals surface area contributed by atoms with Crippen LogP contribution in [0.5, 0.6) is 0 Å². The SMILES string of the molecule is C[As](C)(=O)CC1OC(O)C(O)C1O. The van der Waals surface area contributed by atoms with E-state index < -0.39 is 38.1 Å². The summed E-state index contributed by atoms with van der Waals surface area (Å²) in [5, 5.41) is 27.7. The fraction of sp³-hybridized carbons (Fsp3) is 1.00. The molecular formula is C7H15AsO5. The van der Waals surface area contributed by atoms with Crippen molar-refractivity contribution in [2.75, 3.05) is 0 Å². The van der Waals surface area contributed by atoms with Gasteiger partial charge >= 0.3 is 78.5 Å². The number of aliphatic hydroxyl groups excluding tert-OH is 3. The molecule has 4 unspecified atom stereocenters. The van der Waals surface area contributed by atoms with Crippen LogP contribution in [0.4, 0.5) is 0 Å². The molecule has 4 atom stereocenters. The molecule has 0 aliphatic carbocycles. The monoisotopic (exact) mass is 254 g/mol. The van der Waals surface area contributed by atoms with Gasteiger partial charge in [-0.2, -0.15) is 0 Å². The summed E-state index contributed by atoms with van der Waals surface area (Å²) in [5.41, 5.74) is 3.26. The van der Waals surface area contributed by atoms with Gasteiger partial charge in [0.25, 0.3) is 0 Å². The van der Waals surface area contributed by atoms with E-state index in [9.17, 15) is 8.85 Å². The molecule has 1 heterocycles. The number of aliphatic hydroxyl groups is 3. The molecule has 3 N–H and O–H groups in total. The van der Waals surface area contributed by atoms with Gasteiger partial charge in [0.15, 0.2) is 0 Å². The Hall–Kier alpha value is 0.198. The van der Waals surface area contributed by atoms with Crippen LogP contribution in [0, 0.1) is 0 Å². The van der Waals surface area contributed by atoms with Crippen molar-refractivity contribution in [3.8, 4) is 0 Å². The molecule has 78 valence electrons. The zero-order chi connectivity index (χ0) is 10.2. The first-order valence-electron chi connectivity index (χ1n) is 4.05. The average Bonchev–Trinajstić information content (AvgIpc) is 2.15. The van der Waals surface area contributed by atoms with Crippen LogP contribution in [0.25, 0.3) is 0 Å². The summed E-state index contributed by atoms with van der Waals surface area (Å²) in [4.78, 5) is 0. The van der Waals surface area contributed by atoms with Crippen molar-refractivity contribution in [3.63, 3.8) is 0 Å². The topological polar surface area (TPSA) is 87.0 Å². The molecule has 1 rings (SSSR count). The Morgan fingerprint density at radius 1 is 1.23 bits per heavy atom. The summed E-state index contributed by atoms with van der Waals surface area (Å²) in [5.74, 6) is 0. The molecule has 0 bridgehead atoms. The molecule has 0 amide bonds. The van der Waals surface area contributed by atoms with Gasteiger partial charge in [-0.1, -0.05) is 0 Å². The van der Waals surface area contributed by atoms with Crippen molar-refractivity contribution in [1.29, 1.82) is 0 Å². The van der Waals surface area contributed by atoms with Crippen LogP contribution in [-0.2, 0) is 8.48 Å². The summed E-state index contributed by atoms with van der Waals surface area (Å²) >= 11 is -2.90. The van der Waals surface area contributed by atoms with Crippen LogP contribution in [0.3, 0.4) is 0 Å². The first-order valence-corrected chi connectivity index (χ1v) is 9.89. The zero-order valence-corrected chi connectivity index (χ0v) is 9.50. The van der Waals surface area contributed by atoms with Gasteiger partial charge in [0, 0.05) is 0 Å². The third-order valence-electron chi connectivity index (χ3n) is 1.96. The molecule has 0 saturated carbocycles. The quantitative estimate of drug-likeness (QED) is 0.554. The third-order valence-corrected chi connectivity index (χ3v) is 4.56. The standard InChI is InChI=1S/C7H15AsO5/c1-8(2,12)3-4-5(9)6(10)7(11)13-4/h4-7,9-11H,3H2,1-2H3. The molecular weight excluding hydrogens is 239 g/mol. The first-order chi connectivity index (χ1) is 5.81. The van der Waals surface area contributed by atoms with E-state index in [4.69, 9.17) is 14.9 Å².